The lowest BCUT2D eigenvalue weighted by Crippen LogP contribution is -2.25. The molecule has 0 bridgehead atoms. The fourth-order valence-electron chi connectivity index (χ4n) is 2.22. The second kappa shape index (κ2) is 10.1. The van der Waals surface area contributed by atoms with Gasteiger partial charge in [-0.05, 0) is 37.5 Å². The minimum absolute atomic E-state index is 0.00459. The molecule has 8 heteroatoms. The van der Waals surface area contributed by atoms with E-state index in [2.05, 4.69) is 0 Å². The van der Waals surface area contributed by atoms with Gasteiger partial charge in [-0.2, -0.15) is 5.26 Å². The Labute approximate surface area is 151 Å². The molecule has 26 heavy (non-hydrogen) atoms. The van der Waals surface area contributed by atoms with Gasteiger partial charge in [-0.3, -0.25) is 9.36 Å². The molecule has 7 N–H and O–H groups in total. The van der Waals surface area contributed by atoms with Gasteiger partial charge in [-0.15, -0.1) is 0 Å². The first kappa shape index (κ1) is 21.0. The van der Waals surface area contributed by atoms with Crippen LogP contribution in [0.4, 0.5) is 11.4 Å². The minimum atomic E-state index is -0.539. The summed E-state index contributed by atoms with van der Waals surface area (Å²) in [5.74, 6) is -0.396. The van der Waals surface area contributed by atoms with Gasteiger partial charge in [0.25, 0.3) is 5.56 Å². The van der Waals surface area contributed by atoms with Crippen molar-refractivity contribution < 1.29 is 15.3 Å². The lowest BCUT2D eigenvalue weighted by Gasteiger charge is -2.12. The van der Waals surface area contributed by atoms with Crippen LogP contribution in [-0.4, -0.2) is 33.1 Å². The molecular weight excluding hydrogens is 336 g/mol. The highest BCUT2D eigenvalue weighted by Crippen LogP contribution is 2.21. The molecule has 0 unspecified atom stereocenters. The van der Waals surface area contributed by atoms with E-state index >= 15 is 0 Å². The van der Waals surface area contributed by atoms with E-state index in [4.69, 9.17) is 26.9 Å². The second-order valence-electron chi connectivity index (χ2n) is 5.60. The van der Waals surface area contributed by atoms with E-state index in [1.54, 1.807) is 6.07 Å². The Kier molecular flexibility index (Phi) is 8.15. The minimum Gasteiger partial charge on any atom is -0.493 e. The van der Waals surface area contributed by atoms with Crippen LogP contribution >= 0.6 is 0 Å². The zero-order valence-electron chi connectivity index (χ0n) is 14.6. The Balaban J connectivity index is 0.000000289. The number of benzene rings is 1. The van der Waals surface area contributed by atoms with E-state index in [0.717, 1.165) is 15.8 Å². The number of anilines is 2. The monoisotopic (exact) mass is 360 g/mol. The van der Waals surface area contributed by atoms with Crippen LogP contribution in [-0.2, 0) is 13.0 Å². The van der Waals surface area contributed by atoms with Gasteiger partial charge in [0.1, 0.15) is 17.3 Å². The van der Waals surface area contributed by atoms with Crippen LogP contribution in [0.2, 0.25) is 0 Å². The van der Waals surface area contributed by atoms with Crippen LogP contribution in [0, 0.1) is 18.3 Å². The zero-order chi connectivity index (χ0) is 19.7. The fraction of sp³-hybridized carbons (Fsp3) is 0.333. The molecule has 1 heterocycles. The van der Waals surface area contributed by atoms with Gasteiger partial charge in [0.2, 0.25) is 5.88 Å². The smallest absolute Gasteiger partial charge is 0.276 e. The molecule has 140 valence electrons. The zero-order valence-corrected chi connectivity index (χ0v) is 14.6. The van der Waals surface area contributed by atoms with E-state index in [0.29, 0.717) is 12.8 Å². The number of nitriles is 1. The quantitative estimate of drug-likeness (QED) is 0.486. The number of hydrogen-bond acceptors (Lipinski definition) is 7. The molecule has 0 atom stereocenters. The van der Waals surface area contributed by atoms with E-state index < -0.39 is 11.4 Å². The van der Waals surface area contributed by atoms with E-state index in [1.807, 2.05) is 24.3 Å². The lowest BCUT2D eigenvalue weighted by atomic mass is 10.1. The van der Waals surface area contributed by atoms with Crippen molar-refractivity contribution in [1.29, 1.82) is 5.26 Å². The summed E-state index contributed by atoms with van der Waals surface area (Å²) in [4.78, 5) is 11.7. The number of rotatable bonds is 5. The first-order chi connectivity index (χ1) is 12.4. The molecule has 8 nitrogen and oxygen atoms in total. The van der Waals surface area contributed by atoms with Crippen molar-refractivity contribution in [2.75, 3.05) is 24.7 Å². The van der Waals surface area contributed by atoms with Crippen LogP contribution in [0.25, 0.3) is 0 Å². The average molecular weight is 360 g/mol. The summed E-state index contributed by atoms with van der Waals surface area (Å²) in [5, 5.41) is 35.8. The van der Waals surface area contributed by atoms with Crippen molar-refractivity contribution in [3.8, 4) is 11.9 Å². The van der Waals surface area contributed by atoms with Crippen molar-refractivity contribution in [2.45, 2.75) is 26.3 Å². The van der Waals surface area contributed by atoms with E-state index in [1.165, 1.54) is 6.92 Å². The Morgan fingerprint density at radius 3 is 2.27 bits per heavy atom. The standard InChI is InChI=1S/C10H13N3O3.C8H11NO/c1-6-7(5-11)9(15)13(3-2-4-14)10(16)8(6)12;9-8-3-1-7(2-4-8)5-6-10/h14-15H,2-4,12H2,1H3;1-4,10H,5-6,9H2. The normalized spacial score (nSPS) is 9.92. The van der Waals surface area contributed by atoms with Gasteiger partial charge in [0.05, 0.1) is 0 Å². The number of aliphatic hydroxyl groups is 2. The molecule has 0 saturated carbocycles. The van der Waals surface area contributed by atoms with Crippen LogP contribution in [0.15, 0.2) is 29.1 Å². The molecule has 0 aliphatic heterocycles. The van der Waals surface area contributed by atoms with Crippen molar-refractivity contribution >= 4 is 11.4 Å². The summed E-state index contributed by atoms with van der Waals surface area (Å²) in [6.07, 6.45) is 1.01. The van der Waals surface area contributed by atoms with Crippen LogP contribution in [0.1, 0.15) is 23.1 Å². The number of hydrogen-bond donors (Lipinski definition) is 5. The van der Waals surface area contributed by atoms with Crippen molar-refractivity contribution in [2.24, 2.45) is 0 Å². The number of aliphatic hydroxyl groups excluding tert-OH is 2. The molecular formula is C18H24N4O4. The summed E-state index contributed by atoms with van der Waals surface area (Å²) in [7, 11) is 0. The highest BCUT2D eigenvalue weighted by atomic mass is 16.3. The highest BCUT2D eigenvalue weighted by Gasteiger charge is 2.16. The maximum atomic E-state index is 11.7. The largest absolute Gasteiger partial charge is 0.493 e. The third-order valence-corrected chi connectivity index (χ3v) is 3.77. The van der Waals surface area contributed by atoms with Crippen molar-refractivity contribution in [3.63, 3.8) is 0 Å². The van der Waals surface area contributed by atoms with Gasteiger partial charge >= 0.3 is 0 Å². The SMILES string of the molecule is Cc1c(C#N)c(O)n(CCCO)c(=O)c1N.Nc1ccc(CCO)cc1. The first-order valence-corrected chi connectivity index (χ1v) is 8.05. The molecule has 2 aromatic rings. The lowest BCUT2D eigenvalue weighted by molar-refractivity contribution is 0.274. The number of nitrogen functional groups attached to an aromatic ring is 2. The summed E-state index contributed by atoms with van der Waals surface area (Å²) in [6, 6.07) is 9.32. The summed E-state index contributed by atoms with van der Waals surface area (Å²) < 4.78 is 0.997. The molecule has 0 fully saturated rings. The van der Waals surface area contributed by atoms with E-state index in [9.17, 15) is 9.90 Å². The molecule has 1 aromatic heterocycles. The number of nitrogens with two attached hydrogens (primary N) is 2. The molecule has 1 aromatic carbocycles. The fourth-order valence-corrected chi connectivity index (χ4v) is 2.22. The Morgan fingerprint density at radius 1 is 1.15 bits per heavy atom. The molecule has 0 aliphatic rings. The Morgan fingerprint density at radius 2 is 1.77 bits per heavy atom. The Bertz CT molecular complexity index is 823. The summed E-state index contributed by atoms with van der Waals surface area (Å²) >= 11 is 0. The highest BCUT2D eigenvalue weighted by molar-refractivity contribution is 5.57. The summed E-state index contributed by atoms with van der Waals surface area (Å²) in [5.41, 5.74) is 12.6. The van der Waals surface area contributed by atoms with Crippen LogP contribution in [0.3, 0.4) is 0 Å². The van der Waals surface area contributed by atoms with Crippen molar-refractivity contribution in [3.05, 3.63) is 51.3 Å². The molecule has 2 rings (SSSR count). The molecule has 0 aliphatic carbocycles. The molecule has 0 spiro atoms. The predicted molar refractivity (Wildman–Crippen MR) is 99.6 cm³/mol. The topological polar surface area (TPSA) is 159 Å². The maximum absolute atomic E-state index is 11.7. The van der Waals surface area contributed by atoms with Crippen LogP contribution in [0.5, 0.6) is 5.88 Å². The average Bonchev–Trinajstić information content (AvgIpc) is 2.63. The third kappa shape index (κ3) is 5.24. The van der Waals surface area contributed by atoms with Gasteiger partial charge in [-0.1, -0.05) is 12.1 Å². The first-order valence-electron chi connectivity index (χ1n) is 8.05. The van der Waals surface area contributed by atoms with Gasteiger partial charge in [0.15, 0.2) is 0 Å². The Hall–Kier alpha value is -3.02. The predicted octanol–water partition coefficient (Wildman–Crippen LogP) is 0.502. The van der Waals surface area contributed by atoms with Gasteiger partial charge in [-0.25, -0.2) is 0 Å². The number of nitrogens with zero attached hydrogens (tertiary/aromatic N) is 2. The van der Waals surface area contributed by atoms with Crippen molar-refractivity contribution in [1.82, 2.24) is 4.57 Å². The number of aromatic nitrogens is 1. The number of aromatic hydroxyl groups is 1. The molecule has 0 saturated heterocycles. The molecule has 0 radical (unpaired) electrons. The number of pyridine rings is 1. The molecule has 0 amide bonds. The second-order valence-corrected chi connectivity index (χ2v) is 5.60. The van der Waals surface area contributed by atoms with Crippen LogP contribution < -0.4 is 17.0 Å². The summed E-state index contributed by atoms with van der Waals surface area (Å²) in [6.45, 7) is 1.72. The van der Waals surface area contributed by atoms with Gasteiger partial charge < -0.3 is 26.8 Å². The van der Waals surface area contributed by atoms with Gasteiger partial charge in [0, 0.05) is 31.0 Å². The maximum Gasteiger partial charge on any atom is 0.276 e. The third-order valence-electron chi connectivity index (χ3n) is 3.77. The van der Waals surface area contributed by atoms with E-state index in [-0.39, 0.29) is 36.6 Å².